The summed E-state index contributed by atoms with van der Waals surface area (Å²) >= 11 is 0. The minimum Gasteiger partial charge on any atom is -0.387 e. The summed E-state index contributed by atoms with van der Waals surface area (Å²) in [5.41, 5.74) is 2.91. The highest BCUT2D eigenvalue weighted by Gasteiger charge is 2.31. The van der Waals surface area contributed by atoms with Crippen LogP contribution in [0.4, 0.5) is 0 Å². The van der Waals surface area contributed by atoms with Crippen molar-refractivity contribution in [3.05, 3.63) is 35.4 Å². The van der Waals surface area contributed by atoms with Crippen LogP contribution in [0.25, 0.3) is 0 Å². The van der Waals surface area contributed by atoms with E-state index in [-0.39, 0.29) is 0 Å². The van der Waals surface area contributed by atoms with E-state index in [0.717, 1.165) is 11.5 Å². The predicted molar refractivity (Wildman–Crippen MR) is 89.5 cm³/mol. The van der Waals surface area contributed by atoms with Crippen LogP contribution < -0.4 is 5.32 Å². The molecule has 1 fully saturated rings. The first-order valence-corrected chi connectivity index (χ1v) is 8.35. The number of hydrogen-bond acceptors (Lipinski definition) is 2. The molecule has 1 aromatic carbocycles. The maximum Gasteiger partial charge on any atom is 0.0917 e. The topological polar surface area (TPSA) is 32.3 Å². The van der Waals surface area contributed by atoms with Crippen LogP contribution in [0.5, 0.6) is 0 Å². The zero-order chi connectivity index (χ0) is 15.5. The molecular formula is C19H31NO. The first kappa shape index (κ1) is 16.5. The van der Waals surface area contributed by atoms with Crippen molar-refractivity contribution in [3.8, 4) is 0 Å². The van der Waals surface area contributed by atoms with Gasteiger partial charge in [0.2, 0.25) is 0 Å². The van der Waals surface area contributed by atoms with Gasteiger partial charge in [-0.1, -0.05) is 45.0 Å². The summed E-state index contributed by atoms with van der Waals surface area (Å²) in [6, 6.07) is 8.46. The maximum absolute atomic E-state index is 10.4. The third-order valence-corrected chi connectivity index (χ3v) is 5.14. The number of hydrogen-bond donors (Lipinski definition) is 2. The van der Waals surface area contributed by atoms with E-state index in [1.165, 1.54) is 31.2 Å². The molecule has 2 nitrogen and oxygen atoms in total. The molecule has 1 atom stereocenters. The molecular weight excluding hydrogens is 258 g/mol. The minimum absolute atomic E-state index is 0.397. The highest BCUT2D eigenvalue weighted by molar-refractivity contribution is 5.32. The number of benzene rings is 1. The Morgan fingerprint density at radius 3 is 2.33 bits per heavy atom. The Balaban J connectivity index is 2.10. The summed E-state index contributed by atoms with van der Waals surface area (Å²) < 4.78 is 0. The van der Waals surface area contributed by atoms with Crippen LogP contribution in [-0.2, 0) is 0 Å². The van der Waals surface area contributed by atoms with Crippen molar-refractivity contribution < 1.29 is 5.11 Å². The summed E-state index contributed by atoms with van der Waals surface area (Å²) in [7, 11) is 1.89. The van der Waals surface area contributed by atoms with Gasteiger partial charge in [0.1, 0.15) is 0 Å². The molecule has 1 aromatic rings. The second-order valence-corrected chi connectivity index (χ2v) is 7.62. The molecule has 2 rings (SSSR count). The van der Waals surface area contributed by atoms with E-state index in [1.807, 2.05) is 13.1 Å². The molecule has 1 saturated carbocycles. The van der Waals surface area contributed by atoms with Crippen LogP contribution in [-0.4, -0.2) is 18.7 Å². The number of aliphatic hydroxyl groups is 1. The zero-order valence-electron chi connectivity index (χ0n) is 14.0. The summed E-state index contributed by atoms with van der Waals surface area (Å²) in [5, 5.41) is 13.4. The third kappa shape index (κ3) is 4.08. The van der Waals surface area contributed by atoms with Gasteiger partial charge in [-0.05, 0) is 61.1 Å². The molecule has 0 saturated heterocycles. The highest BCUT2D eigenvalue weighted by Crippen LogP contribution is 2.44. The number of nitrogens with one attached hydrogen (secondary N) is 1. The predicted octanol–water partition coefficient (Wildman–Crippen LogP) is 4.26. The summed E-state index contributed by atoms with van der Waals surface area (Å²) in [6.07, 6.45) is 4.73. The van der Waals surface area contributed by atoms with Gasteiger partial charge in [0, 0.05) is 6.54 Å². The first-order valence-electron chi connectivity index (χ1n) is 8.35. The quantitative estimate of drug-likeness (QED) is 0.868. The molecule has 1 aliphatic rings. The zero-order valence-corrected chi connectivity index (χ0v) is 14.0. The molecule has 0 aromatic heterocycles. The highest BCUT2D eigenvalue weighted by atomic mass is 16.3. The summed E-state index contributed by atoms with van der Waals surface area (Å²) in [4.78, 5) is 0. The van der Waals surface area contributed by atoms with Gasteiger partial charge < -0.3 is 10.4 Å². The second kappa shape index (κ2) is 6.93. The van der Waals surface area contributed by atoms with Crippen molar-refractivity contribution in [2.75, 3.05) is 13.6 Å². The van der Waals surface area contributed by atoms with E-state index in [4.69, 9.17) is 0 Å². The summed E-state index contributed by atoms with van der Waals surface area (Å²) in [6.45, 7) is 7.71. The monoisotopic (exact) mass is 289 g/mol. The van der Waals surface area contributed by atoms with Crippen LogP contribution in [0, 0.1) is 11.3 Å². The fourth-order valence-corrected chi connectivity index (χ4v) is 3.76. The fourth-order valence-electron chi connectivity index (χ4n) is 3.76. The Kier molecular flexibility index (Phi) is 5.45. The molecule has 2 heteroatoms. The van der Waals surface area contributed by atoms with Crippen molar-refractivity contribution in [3.63, 3.8) is 0 Å². The van der Waals surface area contributed by atoms with Gasteiger partial charge in [-0.2, -0.15) is 0 Å². The van der Waals surface area contributed by atoms with Crippen LogP contribution in [0.2, 0.25) is 0 Å². The molecule has 1 unspecified atom stereocenters. The maximum atomic E-state index is 10.4. The molecule has 0 bridgehead atoms. The second-order valence-electron chi connectivity index (χ2n) is 7.62. The molecule has 118 valence electrons. The molecule has 21 heavy (non-hydrogen) atoms. The first-order chi connectivity index (χ1) is 9.93. The van der Waals surface area contributed by atoms with Gasteiger partial charge >= 0.3 is 0 Å². The van der Waals surface area contributed by atoms with E-state index in [1.54, 1.807) is 0 Å². The lowest BCUT2D eigenvalue weighted by atomic mass is 9.68. The lowest BCUT2D eigenvalue weighted by Crippen LogP contribution is -2.26. The van der Waals surface area contributed by atoms with E-state index in [2.05, 4.69) is 44.3 Å². The van der Waals surface area contributed by atoms with Crippen molar-refractivity contribution in [2.45, 2.75) is 58.5 Å². The van der Waals surface area contributed by atoms with Gasteiger partial charge in [-0.25, -0.2) is 0 Å². The molecule has 2 N–H and O–H groups in total. The number of aliphatic hydroxyl groups excluding tert-OH is 1. The van der Waals surface area contributed by atoms with Crippen LogP contribution >= 0.6 is 0 Å². The lowest BCUT2D eigenvalue weighted by molar-refractivity contribution is 0.162. The SMILES string of the molecule is CNCC(O)c1ccccc1C1CCC(C(C)(C)C)CC1. The van der Waals surface area contributed by atoms with E-state index in [9.17, 15) is 5.11 Å². The number of rotatable bonds is 4. The van der Waals surface area contributed by atoms with Crippen LogP contribution in [0.3, 0.4) is 0 Å². The van der Waals surface area contributed by atoms with Gasteiger partial charge in [-0.15, -0.1) is 0 Å². The van der Waals surface area contributed by atoms with Crippen molar-refractivity contribution in [1.29, 1.82) is 0 Å². The Labute approximate surface area is 130 Å². The van der Waals surface area contributed by atoms with Crippen molar-refractivity contribution >= 4 is 0 Å². The molecule has 0 aliphatic heterocycles. The average molecular weight is 289 g/mol. The van der Waals surface area contributed by atoms with Crippen molar-refractivity contribution in [2.24, 2.45) is 11.3 Å². The third-order valence-electron chi connectivity index (χ3n) is 5.14. The van der Waals surface area contributed by atoms with E-state index >= 15 is 0 Å². The Morgan fingerprint density at radius 2 is 1.76 bits per heavy atom. The number of likely N-dealkylation sites (N-methyl/N-ethyl adjacent to an activating group) is 1. The summed E-state index contributed by atoms with van der Waals surface area (Å²) in [5.74, 6) is 1.45. The van der Waals surface area contributed by atoms with Crippen molar-refractivity contribution in [1.82, 2.24) is 5.32 Å². The molecule has 0 radical (unpaired) electrons. The molecule has 0 amide bonds. The normalized spacial score (nSPS) is 24.8. The smallest absolute Gasteiger partial charge is 0.0917 e. The van der Waals surface area contributed by atoms with Gasteiger partial charge in [0.05, 0.1) is 6.10 Å². The molecule has 1 aliphatic carbocycles. The standard InChI is InChI=1S/C19H31NO/c1-19(2,3)15-11-9-14(10-12-15)16-7-5-6-8-17(16)18(21)13-20-4/h5-8,14-15,18,20-21H,9-13H2,1-4H3. The van der Waals surface area contributed by atoms with E-state index in [0.29, 0.717) is 17.9 Å². The van der Waals surface area contributed by atoms with E-state index < -0.39 is 6.10 Å². The Hall–Kier alpha value is -0.860. The van der Waals surface area contributed by atoms with Gasteiger partial charge in [0.25, 0.3) is 0 Å². The molecule has 0 spiro atoms. The molecule has 0 heterocycles. The Bertz CT molecular complexity index is 441. The largest absolute Gasteiger partial charge is 0.387 e. The average Bonchev–Trinajstić information content (AvgIpc) is 2.47. The fraction of sp³-hybridized carbons (Fsp3) is 0.684. The van der Waals surface area contributed by atoms with Crippen LogP contribution in [0.1, 0.15) is 69.6 Å². The van der Waals surface area contributed by atoms with Gasteiger partial charge in [-0.3, -0.25) is 0 Å². The Morgan fingerprint density at radius 1 is 1.14 bits per heavy atom. The minimum atomic E-state index is -0.397. The van der Waals surface area contributed by atoms with Crippen LogP contribution in [0.15, 0.2) is 24.3 Å². The van der Waals surface area contributed by atoms with Gasteiger partial charge in [0.15, 0.2) is 0 Å². The lowest BCUT2D eigenvalue weighted by Gasteiger charge is -2.37.